The maximum Gasteiger partial charge on any atom is 0.256 e. The zero-order valence-electron chi connectivity index (χ0n) is 10.6. The fourth-order valence-electron chi connectivity index (χ4n) is 2.59. The van der Waals surface area contributed by atoms with E-state index in [2.05, 4.69) is 10.5 Å². The molecule has 0 spiro atoms. The third kappa shape index (κ3) is 3.05. The second-order valence-corrected chi connectivity index (χ2v) is 5.27. The number of amides is 1. The number of nitrogens with zero attached hydrogens (tertiary/aromatic N) is 1. The molecule has 1 aromatic heterocycles. The Balaban J connectivity index is 1.87. The van der Waals surface area contributed by atoms with E-state index in [-0.39, 0.29) is 5.91 Å². The Hall–Kier alpha value is -1.03. The van der Waals surface area contributed by atoms with Crippen molar-refractivity contribution >= 4 is 17.5 Å². The van der Waals surface area contributed by atoms with Crippen molar-refractivity contribution in [3.8, 4) is 0 Å². The Morgan fingerprint density at radius 1 is 1.50 bits per heavy atom. The molecular weight excluding hydrogens is 252 g/mol. The maximum absolute atomic E-state index is 11.9. The summed E-state index contributed by atoms with van der Waals surface area (Å²) in [4.78, 5) is 11.9. The zero-order chi connectivity index (χ0) is 13.0. The van der Waals surface area contributed by atoms with Crippen LogP contribution >= 0.6 is 11.6 Å². The first-order valence-electron chi connectivity index (χ1n) is 6.47. The number of nitrogens with one attached hydrogen (secondary N) is 1. The van der Waals surface area contributed by atoms with Gasteiger partial charge in [0.25, 0.3) is 5.91 Å². The molecule has 100 valence electrons. The maximum atomic E-state index is 11.9. The molecule has 5 heteroatoms. The molecule has 18 heavy (non-hydrogen) atoms. The highest BCUT2D eigenvalue weighted by molar-refractivity contribution is 6.18. The average molecular weight is 271 g/mol. The van der Waals surface area contributed by atoms with E-state index in [9.17, 15) is 4.79 Å². The SMILES string of the molecule is Cc1oncc1C(=O)NCC1CCCCC1CCl. The van der Waals surface area contributed by atoms with Gasteiger partial charge in [0.1, 0.15) is 11.3 Å². The minimum atomic E-state index is -0.104. The van der Waals surface area contributed by atoms with E-state index in [1.54, 1.807) is 6.92 Å². The number of aromatic nitrogens is 1. The van der Waals surface area contributed by atoms with Crippen molar-refractivity contribution in [1.82, 2.24) is 10.5 Å². The van der Waals surface area contributed by atoms with Crippen LogP contribution in [0.25, 0.3) is 0 Å². The van der Waals surface area contributed by atoms with Crippen LogP contribution in [0.1, 0.15) is 41.8 Å². The van der Waals surface area contributed by atoms with E-state index < -0.39 is 0 Å². The molecule has 2 unspecified atom stereocenters. The van der Waals surface area contributed by atoms with Crippen LogP contribution in [-0.4, -0.2) is 23.5 Å². The van der Waals surface area contributed by atoms with Gasteiger partial charge in [-0.2, -0.15) is 0 Å². The Labute approximate surface area is 112 Å². The molecule has 1 aliphatic carbocycles. The molecule has 0 aromatic carbocycles. The molecule has 1 heterocycles. The van der Waals surface area contributed by atoms with Gasteiger partial charge in [-0.05, 0) is 31.6 Å². The zero-order valence-corrected chi connectivity index (χ0v) is 11.4. The van der Waals surface area contributed by atoms with Crippen molar-refractivity contribution in [3.63, 3.8) is 0 Å². The smallest absolute Gasteiger partial charge is 0.256 e. The molecule has 1 aromatic rings. The summed E-state index contributed by atoms with van der Waals surface area (Å²) in [5, 5.41) is 6.57. The molecule has 2 rings (SSSR count). The lowest BCUT2D eigenvalue weighted by atomic mass is 9.80. The van der Waals surface area contributed by atoms with E-state index in [1.807, 2.05) is 0 Å². The summed E-state index contributed by atoms with van der Waals surface area (Å²) in [5.74, 6) is 2.18. The number of carbonyl (C=O) groups is 1. The monoisotopic (exact) mass is 270 g/mol. The predicted octanol–water partition coefficient (Wildman–Crippen LogP) is 2.76. The number of halogens is 1. The van der Waals surface area contributed by atoms with Gasteiger partial charge in [-0.1, -0.05) is 18.0 Å². The standard InChI is InChI=1S/C13H19ClN2O2/c1-9-12(8-16-18-9)13(17)15-7-11-5-3-2-4-10(11)6-14/h8,10-11H,2-7H2,1H3,(H,15,17). The molecule has 1 aliphatic rings. The molecule has 0 saturated heterocycles. The van der Waals surface area contributed by atoms with Crippen molar-refractivity contribution < 1.29 is 9.32 Å². The van der Waals surface area contributed by atoms with Crippen molar-refractivity contribution in [3.05, 3.63) is 17.5 Å². The summed E-state index contributed by atoms with van der Waals surface area (Å²) >= 11 is 5.98. The molecule has 1 N–H and O–H groups in total. The second kappa shape index (κ2) is 6.23. The van der Waals surface area contributed by atoms with Gasteiger partial charge in [-0.15, -0.1) is 11.6 Å². The molecule has 0 bridgehead atoms. The van der Waals surface area contributed by atoms with E-state index in [1.165, 1.54) is 25.5 Å². The van der Waals surface area contributed by atoms with Gasteiger partial charge in [0.15, 0.2) is 0 Å². The van der Waals surface area contributed by atoms with Crippen molar-refractivity contribution in [2.45, 2.75) is 32.6 Å². The summed E-state index contributed by atoms with van der Waals surface area (Å²) in [7, 11) is 0. The van der Waals surface area contributed by atoms with Crippen LogP contribution in [-0.2, 0) is 0 Å². The fraction of sp³-hybridized carbons (Fsp3) is 0.692. The number of carbonyl (C=O) groups excluding carboxylic acids is 1. The fourth-order valence-corrected chi connectivity index (χ4v) is 3.00. The highest BCUT2D eigenvalue weighted by Crippen LogP contribution is 2.30. The summed E-state index contributed by atoms with van der Waals surface area (Å²) in [5.41, 5.74) is 0.522. The highest BCUT2D eigenvalue weighted by atomic mass is 35.5. The van der Waals surface area contributed by atoms with E-state index >= 15 is 0 Å². The van der Waals surface area contributed by atoms with Crippen molar-refractivity contribution in [1.29, 1.82) is 0 Å². The van der Waals surface area contributed by atoms with Crippen molar-refractivity contribution in [2.75, 3.05) is 12.4 Å². The molecule has 0 aliphatic heterocycles. The summed E-state index contributed by atoms with van der Waals surface area (Å²) < 4.78 is 4.89. The second-order valence-electron chi connectivity index (χ2n) is 4.96. The topological polar surface area (TPSA) is 55.1 Å². The first-order chi connectivity index (χ1) is 8.72. The number of aryl methyl sites for hydroxylation is 1. The third-order valence-electron chi connectivity index (χ3n) is 3.78. The number of hydrogen-bond acceptors (Lipinski definition) is 3. The highest BCUT2D eigenvalue weighted by Gasteiger charge is 2.25. The van der Waals surface area contributed by atoms with Gasteiger partial charge in [0.05, 0.1) is 6.20 Å². The Kier molecular flexibility index (Phi) is 4.64. The van der Waals surface area contributed by atoms with Crippen LogP contribution in [0.2, 0.25) is 0 Å². The first-order valence-corrected chi connectivity index (χ1v) is 7.01. The van der Waals surface area contributed by atoms with E-state index in [0.717, 1.165) is 6.42 Å². The van der Waals surface area contributed by atoms with E-state index in [4.69, 9.17) is 16.1 Å². The quantitative estimate of drug-likeness (QED) is 0.856. The van der Waals surface area contributed by atoms with Gasteiger partial charge in [0.2, 0.25) is 0 Å². The molecular formula is C13H19ClN2O2. The lowest BCUT2D eigenvalue weighted by molar-refractivity contribution is 0.0935. The van der Waals surface area contributed by atoms with Crippen LogP contribution in [0.4, 0.5) is 0 Å². The minimum absolute atomic E-state index is 0.104. The molecule has 0 radical (unpaired) electrons. The van der Waals surface area contributed by atoms with Crippen LogP contribution in [0, 0.1) is 18.8 Å². The number of rotatable bonds is 4. The van der Waals surface area contributed by atoms with Gasteiger partial charge >= 0.3 is 0 Å². The molecule has 1 saturated carbocycles. The van der Waals surface area contributed by atoms with Crippen LogP contribution in [0.15, 0.2) is 10.7 Å². The third-order valence-corrected chi connectivity index (χ3v) is 4.18. The Morgan fingerprint density at radius 2 is 2.22 bits per heavy atom. The number of hydrogen-bond donors (Lipinski definition) is 1. The van der Waals surface area contributed by atoms with Crippen LogP contribution < -0.4 is 5.32 Å². The van der Waals surface area contributed by atoms with Crippen molar-refractivity contribution in [2.24, 2.45) is 11.8 Å². The number of alkyl halides is 1. The Bertz CT molecular complexity index is 405. The molecule has 1 fully saturated rings. The summed E-state index contributed by atoms with van der Waals surface area (Å²) in [6, 6.07) is 0. The molecule has 2 atom stereocenters. The van der Waals surface area contributed by atoms with Crippen LogP contribution in [0.3, 0.4) is 0 Å². The predicted molar refractivity (Wildman–Crippen MR) is 69.7 cm³/mol. The van der Waals surface area contributed by atoms with E-state index in [0.29, 0.717) is 35.6 Å². The molecule has 4 nitrogen and oxygen atoms in total. The van der Waals surface area contributed by atoms with Gasteiger partial charge < -0.3 is 9.84 Å². The first kappa shape index (κ1) is 13.4. The normalized spacial score (nSPS) is 23.9. The molecule has 1 amide bonds. The summed E-state index contributed by atoms with van der Waals surface area (Å²) in [6.45, 7) is 2.44. The summed E-state index contributed by atoms with van der Waals surface area (Å²) in [6.07, 6.45) is 6.29. The lowest BCUT2D eigenvalue weighted by Crippen LogP contribution is -2.35. The largest absolute Gasteiger partial charge is 0.361 e. The van der Waals surface area contributed by atoms with Crippen LogP contribution in [0.5, 0.6) is 0 Å². The average Bonchev–Trinajstić information content (AvgIpc) is 2.82. The lowest BCUT2D eigenvalue weighted by Gasteiger charge is -2.30. The minimum Gasteiger partial charge on any atom is -0.361 e. The van der Waals surface area contributed by atoms with Gasteiger partial charge in [0, 0.05) is 12.4 Å². The van der Waals surface area contributed by atoms with Gasteiger partial charge in [-0.25, -0.2) is 0 Å². The van der Waals surface area contributed by atoms with Gasteiger partial charge in [-0.3, -0.25) is 4.79 Å². The Morgan fingerprint density at radius 3 is 2.83 bits per heavy atom.